The van der Waals surface area contributed by atoms with Gasteiger partial charge >= 0.3 is 0 Å². The Bertz CT molecular complexity index is 363. The predicted molar refractivity (Wildman–Crippen MR) is 75.2 cm³/mol. The van der Waals surface area contributed by atoms with E-state index in [9.17, 15) is 0 Å². The van der Waals surface area contributed by atoms with Gasteiger partial charge in [0.2, 0.25) is 0 Å². The molecule has 6 nitrogen and oxygen atoms in total. The Kier molecular flexibility index (Phi) is 5.38. The van der Waals surface area contributed by atoms with Crippen LogP contribution in [0, 0.1) is 0 Å². The number of hydrogen-bond donors (Lipinski definition) is 2. The Labute approximate surface area is 113 Å². The van der Waals surface area contributed by atoms with E-state index in [-0.39, 0.29) is 6.61 Å². The summed E-state index contributed by atoms with van der Waals surface area (Å²) in [6.45, 7) is 6.16. The average Bonchev–Trinajstić information content (AvgIpc) is 2.45. The van der Waals surface area contributed by atoms with Gasteiger partial charge in [-0.3, -0.25) is 4.90 Å². The van der Waals surface area contributed by atoms with E-state index in [1.165, 1.54) is 0 Å². The lowest BCUT2D eigenvalue weighted by molar-refractivity contribution is 0.0724. The van der Waals surface area contributed by atoms with Gasteiger partial charge in [0.05, 0.1) is 31.7 Å². The molecule has 1 fully saturated rings. The summed E-state index contributed by atoms with van der Waals surface area (Å²) in [6, 6.07) is 3.85. The van der Waals surface area contributed by atoms with Gasteiger partial charge in [-0.15, -0.1) is 0 Å². The highest BCUT2D eigenvalue weighted by molar-refractivity contribution is 5.48. The minimum Gasteiger partial charge on any atom is -0.394 e. The number of anilines is 2. The first-order valence-corrected chi connectivity index (χ1v) is 6.67. The van der Waals surface area contributed by atoms with Gasteiger partial charge in [-0.05, 0) is 12.1 Å². The number of aliphatic hydroxyl groups is 1. The van der Waals surface area contributed by atoms with Gasteiger partial charge in [-0.1, -0.05) is 0 Å². The van der Waals surface area contributed by atoms with Crippen molar-refractivity contribution in [2.24, 2.45) is 0 Å². The fraction of sp³-hybridized carbons (Fsp3) is 0.615. The number of piperazine rings is 1. The number of hydrogen-bond acceptors (Lipinski definition) is 6. The first-order chi connectivity index (χ1) is 9.29. The summed E-state index contributed by atoms with van der Waals surface area (Å²) in [4.78, 5) is 8.81. The second-order valence-corrected chi connectivity index (χ2v) is 4.61. The monoisotopic (exact) mass is 266 g/mol. The SMILES string of the molecule is Nc1ccc(N2CCN(CCOCCO)CC2)cn1. The fourth-order valence-corrected chi connectivity index (χ4v) is 2.17. The van der Waals surface area contributed by atoms with Crippen LogP contribution in [0.25, 0.3) is 0 Å². The zero-order chi connectivity index (χ0) is 13.5. The molecule has 2 rings (SSSR count). The Morgan fingerprint density at radius 1 is 1.21 bits per heavy atom. The van der Waals surface area contributed by atoms with Crippen LogP contribution in [-0.2, 0) is 4.74 Å². The lowest BCUT2D eigenvalue weighted by Gasteiger charge is -2.35. The van der Waals surface area contributed by atoms with Crippen LogP contribution in [0.1, 0.15) is 0 Å². The summed E-state index contributed by atoms with van der Waals surface area (Å²) in [6.07, 6.45) is 1.83. The molecule has 1 aliphatic heterocycles. The average molecular weight is 266 g/mol. The molecule has 3 N–H and O–H groups in total. The molecule has 0 radical (unpaired) electrons. The van der Waals surface area contributed by atoms with E-state index in [2.05, 4.69) is 14.8 Å². The molecular formula is C13H22N4O2. The molecule has 0 aromatic carbocycles. The van der Waals surface area contributed by atoms with E-state index in [0.29, 0.717) is 19.0 Å². The van der Waals surface area contributed by atoms with E-state index in [1.807, 2.05) is 18.3 Å². The Morgan fingerprint density at radius 2 is 2.00 bits per heavy atom. The predicted octanol–water partition coefficient (Wildman–Crippen LogP) is -0.205. The molecule has 0 amide bonds. The summed E-state index contributed by atoms with van der Waals surface area (Å²) in [5.74, 6) is 0.559. The molecule has 0 atom stereocenters. The van der Waals surface area contributed by atoms with Crippen molar-refractivity contribution in [3.63, 3.8) is 0 Å². The van der Waals surface area contributed by atoms with E-state index >= 15 is 0 Å². The molecule has 1 aliphatic rings. The quantitative estimate of drug-likeness (QED) is 0.694. The Hall–Kier alpha value is -1.37. The summed E-state index contributed by atoms with van der Waals surface area (Å²) >= 11 is 0. The first-order valence-electron chi connectivity index (χ1n) is 6.67. The van der Waals surface area contributed by atoms with Crippen molar-refractivity contribution in [2.75, 3.05) is 63.2 Å². The molecule has 1 aromatic rings. The van der Waals surface area contributed by atoms with Crippen LogP contribution >= 0.6 is 0 Å². The zero-order valence-corrected chi connectivity index (χ0v) is 11.2. The number of nitrogens with two attached hydrogens (primary N) is 1. The third kappa shape index (κ3) is 4.34. The van der Waals surface area contributed by atoms with E-state index in [1.54, 1.807) is 0 Å². The van der Waals surface area contributed by atoms with Crippen LogP contribution in [0.5, 0.6) is 0 Å². The minimum atomic E-state index is 0.0952. The summed E-state index contributed by atoms with van der Waals surface area (Å²) in [7, 11) is 0. The lowest BCUT2D eigenvalue weighted by Crippen LogP contribution is -2.47. The molecular weight excluding hydrogens is 244 g/mol. The maximum atomic E-state index is 8.62. The summed E-state index contributed by atoms with van der Waals surface area (Å²) in [5.41, 5.74) is 6.72. The molecule has 0 unspecified atom stereocenters. The molecule has 2 heterocycles. The Morgan fingerprint density at radius 3 is 2.63 bits per heavy atom. The third-order valence-electron chi connectivity index (χ3n) is 3.30. The Balaban J connectivity index is 1.71. The minimum absolute atomic E-state index is 0.0952. The van der Waals surface area contributed by atoms with Crippen molar-refractivity contribution in [3.8, 4) is 0 Å². The van der Waals surface area contributed by atoms with Gasteiger partial charge in [0, 0.05) is 32.7 Å². The van der Waals surface area contributed by atoms with Crippen LogP contribution in [0.3, 0.4) is 0 Å². The van der Waals surface area contributed by atoms with Crippen LogP contribution in [-0.4, -0.2) is 67.5 Å². The van der Waals surface area contributed by atoms with Gasteiger partial charge < -0.3 is 20.5 Å². The highest BCUT2D eigenvalue weighted by Crippen LogP contribution is 2.15. The fourth-order valence-electron chi connectivity index (χ4n) is 2.17. The molecule has 0 spiro atoms. The van der Waals surface area contributed by atoms with Gasteiger partial charge in [-0.25, -0.2) is 4.98 Å². The number of nitrogen functional groups attached to an aromatic ring is 1. The summed E-state index contributed by atoms with van der Waals surface area (Å²) < 4.78 is 5.28. The number of aliphatic hydroxyl groups excluding tert-OH is 1. The second-order valence-electron chi connectivity index (χ2n) is 4.61. The molecule has 6 heteroatoms. The second kappa shape index (κ2) is 7.28. The zero-order valence-electron chi connectivity index (χ0n) is 11.2. The maximum Gasteiger partial charge on any atom is 0.123 e. The standard InChI is InChI=1S/C13H22N4O2/c14-13-2-1-12(11-15-13)17-5-3-16(4-6-17)7-9-19-10-8-18/h1-2,11,18H,3-10H2,(H2,14,15). The van der Waals surface area contributed by atoms with Crippen LogP contribution in [0.15, 0.2) is 18.3 Å². The summed E-state index contributed by atoms with van der Waals surface area (Å²) in [5, 5.41) is 8.62. The maximum absolute atomic E-state index is 8.62. The first kappa shape index (κ1) is 14.0. The van der Waals surface area contributed by atoms with Crippen molar-refractivity contribution in [1.82, 2.24) is 9.88 Å². The molecule has 1 saturated heterocycles. The molecule has 0 saturated carbocycles. The largest absolute Gasteiger partial charge is 0.394 e. The van der Waals surface area contributed by atoms with E-state index < -0.39 is 0 Å². The van der Waals surface area contributed by atoms with Crippen molar-refractivity contribution in [1.29, 1.82) is 0 Å². The number of pyridine rings is 1. The van der Waals surface area contributed by atoms with Crippen molar-refractivity contribution >= 4 is 11.5 Å². The van der Waals surface area contributed by atoms with E-state index in [0.717, 1.165) is 38.4 Å². The third-order valence-corrected chi connectivity index (χ3v) is 3.30. The number of nitrogens with zero attached hydrogens (tertiary/aromatic N) is 3. The van der Waals surface area contributed by atoms with Gasteiger partial charge in [0.1, 0.15) is 5.82 Å². The molecule has 0 bridgehead atoms. The molecule has 1 aromatic heterocycles. The smallest absolute Gasteiger partial charge is 0.123 e. The van der Waals surface area contributed by atoms with Crippen LogP contribution < -0.4 is 10.6 Å². The highest BCUT2D eigenvalue weighted by Gasteiger charge is 2.16. The van der Waals surface area contributed by atoms with Crippen molar-refractivity contribution in [3.05, 3.63) is 18.3 Å². The normalized spacial score (nSPS) is 16.8. The van der Waals surface area contributed by atoms with Crippen LogP contribution in [0.2, 0.25) is 0 Å². The highest BCUT2D eigenvalue weighted by atomic mass is 16.5. The van der Waals surface area contributed by atoms with Gasteiger partial charge in [0.25, 0.3) is 0 Å². The molecule has 0 aliphatic carbocycles. The van der Waals surface area contributed by atoms with Gasteiger partial charge in [0.15, 0.2) is 0 Å². The van der Waals surface area contributed by atoms with Gasteiger partial charge in [-0.2, -0.15) is 0 Å². The number of aromatic nitrogens is 1. The van der Waals surface area contributed by atoms with Crippen molar-refractivity contribution < 1.29 is 9.84 Å². The van der Waals surface area contributed by atoms with Crippen molar-refractivity contribution in [2.45, 2.75) is 0 Å². The number of rotatable bonds is 6. The van der Waals surface area contributed by atoms with E-state index in [4.69, 9.17) is 15.6 Å². The topological polar surface area (TPSA) is 74.9 Å². The molecule has 106 valence electrons. The number of ether oxygens (including phenoxy) is 1. The van der Waals surface area contributed by atoms with Crippen LogP contribution in [0.4, 0.5) is 11.5 Å². The molecule has 19 heavy (non-hydrogen) atoms. The lowest BCUT2D eigenvalue weighted by atomic mass is 10.2.